The van der Waals surface area contributed by atoms with Crippen molar-refractivity contribution >= 4 is 11.0 Å². The summed E-state index contributed by atoms with van der Waals surface area (Å²) in [6.07, 6.45) is 13.8. The van der Waals surface area contributed by atoms with Gasteiger partial charge in [-0.2, -0.15) is 0 Å². The minimum atomic E-state index is 0.650. The Balaban J connectivity index is 1.09. The van der Waals surface area contributed by atoms with Gasteiger partial charge < -0.3 is 9.72 Å². The number of hydrogen-bond acceptors (Lipinski definition) is 5. The summed E-state index contributed by atoms with van der Waals surface area (Å²) in [6, 6.07) is 19.5. The monoisotopic (exact) mass is 527 g/mol. The first-order chi connectivity index (χ1) is 19.7. The van der Waals surface area contributed by atoms with Crippen LogP contribution in [0.3, 0.4) is 0 Å². The maximum absolute atomic E-state index is 5.75. The molecule has 2 bridgehead atoms. The number of fused-ring (bicyclic) bond motifs is 4. The topological polar surface area (TPSA) is 66.9 Å². The molecule has 1 aromatic carbocycles. The summed E-state index contributed by atoms with van der Waals surface area (Å²) in [4.78, 5) is 20.3. The summed E-state index contributed by atoms with van der Waals surface area (Å²) in [5, 5.41) is 1.08. The highest BCUT2D eigenvalue weighted by molar-refractivity contribution is 5.95. The molecule has 0 radical (unpaired) electrons. The molecule has 2 fully saturated rings. The van der Waals surface area contributed by atoms with E-state index in [1.165, 1.54) is 36.0 Å². The van der Waals surface area contributed by atoms with Crippen LogP contribution in [0.2, 0.25) is 0 Å². The number of aryl methyl sites for hydroxylation is 3. The van der Waals surface area contributed by atoms with Gasteiger partial charge in [0.2, 0.25) is 0 Å². The van der Waals surface area contributed by atoms with Crippen molar-refractivity contribution in [2.24, 2.45) is 0 Å². The molecule has 4 aromatic heterocycles. The molecule has 0 saturated carbocycles. The fraction of sp³-hybridized carbons (Fsp3) is 0.324. The van der Waals surface area contributed by atoms with E-state index < -0.39 is 0 Å². The van der Waals surface area contributed by atoms with Crippen LogP contribution in [0.5, 0.6) is 0 Å². The van der Waals surface area contributed by atoms with Gasteiger partial charge in [0, 0.05) is 65.0 Å². The third-order valence-corrected chi connectivity index (χ3v) is 9.31. The zero-order chi connectivity index (χ0) is 26.6. The van der Waals surface area contributed by atoms with Crippen LogP contribution in [-0.4, -0.2) is 56.2 Å². The standard InChI is InChI=1S/C34H33N5O/c1-21-3-2-11-36-33(21)25-10-12-35-32(15-25)31-18-38-34-30(31)14-26(17-37-34)24-5-4-22-6-8-27(9-7-23(22)13-24)39-28-16-29(39)20-40-19-28/h2-5,10-15,17-18,27-29H,6-9,16,19-20H2,1H3,(H,37,38)/t27-,28?,29?/m0/s1. The number of pyridine rings is 3. The highest BCUT2D eigenvalue weighted by Crippen LogP contribution is 2.38. The lowest BCUT2D eigenvalue weighted by Gasteiger charge is -2.56. The van der Waals surface area contributed by atoms with Gasteiger partial charge >= 0.3 is 0 Å². The summed E-state index contributed by atoms with van der Waals surface area (Å²) >= 11 is 0. The van der Waals surface area contributed by atoms with Crippen LogP contribution in [0, 0.1) is 6.92 Å². The van der Waals surface area contributed by atoms with Gasteiger partial charge in [0.1, 0.15) is 5.65 Å². The van der Waals surface area contributed by atoms with E-state index in [0.717, 1.165) is 70.7 Å². The van der Waals surface area contributed by atoms with Crippen molar-refractivity contribution in [3.05, 3.63) is 90.0 Å². The van der Waals surface area contributed by atoms with Gasteiger partial charge in [0.15, 0.2) is 0 Å². The lowest BCUT2D eigenvalue weighted by Crippen LogP contribution is -2.66. The number of H-pyrrole nitrogens is 1. The van der Waals surface area contributed by atoms with Crippen molar-refractivity contribution in [3.8, 4) is 33.6 Å². The van der Waals surface area contributed by atoms with Gasteiger partial charge in [-0.3, -0.25) is 14.9 Å². The van der Waals surface area contributed by atoms with E-state index >= 15 is 0 Å². The van der Waals surface area contributed by atoms with E-state index in [4.69, 9.17) is 14.7 Å². The van der Waals surface area contributed by atoms with Gasteiger partial charge in [0.25, 0.3) is 0 Å². The van der Waals surface area contributed by atoms with Crippen LogP contribution in [0.25, 0.3) is 44.7 Å². The summed E-state index contributed by atoms with van der Waals surface area (Å²) in [7, 11) is 0. The van der Waals surface area contributed by atoms with Crippen LogP contribution in [-0.2, 0) is 17.6 Å². The SMILES string of the molecule is Cc1cccnc1-c1ccnc(-c2c[nH]c3ncc(-c4ccc5c(c4)CC[C@@H](N4C6COCC4C6)CC5)cc23)c1. The van der Waals surface area contributed by atoms with Crippen LogP contribution >= 0.6 is 0 Å². The first-order valence-electron chi connectivity index (χ1n) is 14.5. The Morgan fingerprint density at radius 1 is 0.825 bits per heavy atom. The van der Waals surface area contributed by atoms with E-state index in [-0.39, 0.29) is 0 Å². The van der Waals surface area contributed by atoms with E-state index in [1.54, 1.807) is 0 Å². The Hall–Kier alpha value is -3.87. The van der Waals surface area contributed by atoms with E-state index in [9.17, 15) is 0 Å². The summed E-state index contributed by atoms with van der Waals surface area (Å²) < 4.78 is 5.75. The van der Waals surface area contributed by atoms with Crippen molar-refractivity contribution in [1.82, 2.24) is 24.8 Å². The van der Waals surface area contributed by atoms with Crippen molar-refractivity contribution in [2.45, 2.75) is 57.2 Å². The third kappa shape index (κ3) is 4.05. The molecular weight excluding hydrogens is 494 g/mol. The van der Waals surface area contributed by atoms with Gasteiger partial charge in [-0.25, -0.2) is 4.98 Å². The molecule has 3 atom stereocenters. The minimum Gasteiger partial charge on any atom is -0.378 e. The fourth-order valence-corrected chi connectivity index (χ4v) is 7.22. The van der Waals surface area contributed by atoms with Crippen molar-refractivity contribution < 1.29 is 4.74 Å². The number of morpholine rings is 1. The summed E-state index contributed by atoms with van der Waals surface area (Å²) in [6.45, 7) is 3.93. The van der Waals surface area contributed by atoms with Crippen molar-refractivity contribution in [1.29, 1.82) is 0 Å². The number of benzene rings is 1. The Bertz CT molecular complexity index is 1710. The fourth-order valence-electron chi connectivity index (χ4n) is 7.22. The van der Waals surface area contributed by atoms with Crippen LogP contribution in [0.1, 0.15) is 36.0 Å². The molecule has 1 aliphatic carbocycles. The van der Waals surface area contributed by atoms with Gasteiger partial charge in [0.05, 0.1) is 24.6 Å². The second kappa shape index (κ2) is 9.65. The first-order valence-corrected chi connectivity index (χ1v) is 14.5. The molecule has 3 aliphatic rings. The molecule has 40 heavy (non-hydrogen) atoms. The minimum absolute atomic E-state index is 0.650. The second-order valence-corrected chi connectivity index (χ2v) is 11.7. The third-order valence-electron chi connectivity index (χ3n) is 9.31. The molecule has 5 aromatic rings. The van der Waals surface area contributed by atoms with Crippen LogP contribution in [0.15, 0.2) is 73.3 Å². The molecule has 6 heteroatoms. The van der Waals surface area contributed by atoms with Gasteiger partial charge in [-0.1, -0.05) is 24.3 Å². The number of hydrogen-bond donors (Lipinski definition) is 1. The highest BCUT2D eigenvalue weighted by Gasteiger charge is 2.45. The van der Waals surface area contributed by atoms with E-state index in [0.29, 0.717) is 18.1 Å². The quantitative estimate of drug-likeness (QED) is 0.275. The van der Waals surface area contributed by atoms with Crippen molar-refractivity contribution in [3.63, 3.8) is 0 Å². The number of ether oxygens (including phenoxy) is 1. The van der Waals surface area contributed by atoms with Crippen LogP contribution < -0.4 is 0 Å². The van der Waals surface area contributed by atoms with Crippen LogP contribution in [0.4, 0.5) is 0 Å². The number of nitrogens with one attached hydrogen (secondary N) is 1. The molecular formula is C34H33N5O. The molecule has 6 nitrogen and oxygen atoms in total. The Labute approximate surface area is 234 Å². The second-order valence-electron chi connectivity index (χ2n) is 11.7. The van der Waals surface area contributed by atoms with Gasteiger partial charge in [-0.15, -0.1) is 0 Å². The zero-order valence-corrected chi connectivity index (χ0v) is 22.8. The Morgan fingerprint density at radius 2 is 1.70 bits per heavy atom. The molecule has 2 unspecified atom stereocenters. The lowest BCUT2D eigenvalue weighted by molar-refractivity contribution is -0.148. The average molecular weight is 528 g/mol. The molecule has 2 saturated heterocycles. The van der Waals surface area contributed by atoms with E-state index in [2.05, 4.69) is 58.2 Å². The summed E-state index contributed by atoms with van der Waals surface area (Å²) in [5.41, 5.74) is 11.4. The summed E-state index contributed by atoms with van der Waals surface area (Å²) in [5.74, 6) is 0. The zero-order valence-electron chi connectivity index (χ0n) is 22.8. The first kappa shape index (κ1) is 24.0. The maximum atomic E-state index is 5.75. The Morgan fingerprint density at radius 3 is 2.55 bits per heavy atom. The molecule has 1 N–H and O–H groups in total. The largest absolute Gasteiger partial charge is 0.378 e. The van der Waals surface area contributed by atoms with Gasteiger partial charge in [-0.05, 0) is 85.5 Å². The number of nitrogens with zero attached hydrogens (tertiary/aromatic N) is 4. The molecule has 6 heterocycles. The average Bonchev–Trinajstić information content (AvgIpc) is 3.32. The lowest BCUT2D eigenvalue weighted by atomic mass is 9.87. The molecule has 0 amide bonds. The number of rotatable bonds is 4. The van der Waals surface area contributed by atoms with Crippen molar-refractivity contribution in [2.75, 3.05) is 13.2 Å². The molecule has 0 spiro atoms. The number of aromatic nitrogens is 4. The molecule has 2 aliphatic heterocycles. The smallest absolute Gasteiger partial charge is 0.137 e. The number of aromatic amines is 1. The van der Waals surface area contributed by atoms with E-state index in [1.807, 2.05) is 36.9 Å². The predicted molar refractivity (Wildman–Crippen MR) is 158 cm³/mol. The normalized spacial score (nSPS) is 22.5. The molecule has 8 rings (SSSR count). The predicted octanol–water partition coefficient (Wildman–Crippen LogP) is 6.38. The maximum Gasteiger partial charge on any atom is 0.137 e. The highest BCUT2D eigenvalue weighted by atomic mass is 16.5. The Kier molecular flexibility index (Phi) is 5.78. The molecule has 200 valence electrons.